The molecule has 1 aliphatic heterocycles. The lowest BCUT2D eigenvalue weighted by Gasteiger charge is -2.39. The Labute approximate surface area is 199 Å². The number of ketones is 1. The number of hydrogen-bond acceptors (Lipinski definition) is 5. The first kappa shape index (κ1) is 22.9. The fourth-order valence-electron chi connectivity index (χ4n) is 4.71. The molecule has 0 saturated heterocycles. The number of carbonyl (C=O) groups is 1. The maximum atomic E-state index is 13.4. The highest BCUT2D eigenvalue weighted by atomic mass is 35.5. The van der Waals surface area contributed by atoms with E-state index in [2.05, 4.69) is 25.2 Å². The van der Waals surface area contributed by atoms with Crippen LogP contribution in [0.3, 0.4) is 0 Å². The van der Waals surface area contributed by atoms with Crippen molar-refractivity contribution >= 4 is 17.4 Å². The van der Waals surface area contributed by atoms with E-state index in [0.29, 0.717) is 40.7 Å². The van der Waals surface area contributed by atoms with E-state index in [1.165, 1.54) is 0 Å². The number of ether oxygens (including phenoxy) is 2. The van der Waals surface area contributed by atoms with Crippen LogP contribution in [0.2, 0.25) is 5.02 Å². The standard InChI is InChI=1S/C27H27ClN2O3/c1-16-20(14-29)24(25-21(30-16)12-27(2,3)13-22(25)31)19-6-5-7-23(32-4)26(19)33-15-17-8-10-18(28)11-9-17/h5-11,24,30H,12-13,15H2,1-4H3/t24-/m1/s1. The van der Waals surface area contributed by atoms with Gasteiger partial charge in [0.25, 0.3) is 0 Å². The van der Waals surface area contributed by atoms with E-state index in [0.717, 1.165) is 28.9 Å². The van der Waals surface area contributed by atoms with Crippen LogP contribution in [0.1, 0.15) is 50.7 Å². The number of methoxy groups -OCH3 is 1. The Bertz CT molecular complexity index is 1200. The smallest absolute Gasteiger partial charge is 0.165 e. The Morgan fingerprint density at radius 3 is 2.58 bits per heavy atom. The zero-order valence-corrected chi connectivity index (χ0v) is 20.0. The predicted molar refractivity (Wildman–Crippen MR) is 128 cm³/mol. The number of allylic oxidation sites excluding steroid dienone is 4. The number of dihydropyridines is 1. The summed E-state index contributed by atoms with van der Waals surface area (Å²) in [5, 5.41) is 14.1. The first-order chi connectivity index (χ1) is 15.7. The van der Waals surface area contributed by atoms with Crippen LogP contribution in [0.4, 0.5) is 0 Å². The molecule has 0 spiro atoms. The van der Waals surface area contributed by atoms with E-state index in [1.54, 1.807) is 7.11 Å². The summed E-state index contributed by atoms with van der Waals surface area (Å²) in [7, 11) is 1.59. The van der Waals surface area contributed by atoms with Crippen LogP contribution in [0.5, 0.6) is 11.5 Å². The summed E-state index contributed by atoms with van der Waals surface area (Å²) >= 11 is 6.01. The number of rotatable bonds is 5. The third-order valence-electron chi connectivity index (χ3n) is 6.20. The molecule has 1 atom stereocenters. The molecule has 0 bridgehead atoms. The molecule has 1 N–H and O–H groups in total. The van der Waals surface area contributed by atoms with Crippen LogP contribution in [0.15, 0.2) is 65.0 Å². The molecule has 0 aromatic heterocycles. The molecule has 0 fully saturated rings. The summed E-state index contributed by atoms with van der Waals surface area (Å²) in [6, 6.07) is 15.4. The highest BCUT2D eigenvalue weighted by Crippen LogP contribution is 2.49. The Kier molecular flexibility index (Phi) is 6.23. The van der Waals surface area contributed by atoms with Crippen LogP contribution in [-0.4, -0.2) is 12.9 Å². The number of nitrogens with zero attached hydrogens (tertiary/aromatic N) is 1. The lowest BCUT2D eigenvalue weighted by atomic mass is 9.68. The van der Waals surface area contributed by atoms with Crippen LogP contribution in [0.25, 0.3) is 0 Å². The fraction of sp³-hybridized carbons (Fsp3) is 0.333. The van der Waals surface area contributed by atoms with Crippen molar-refractivity contribution in [3.05, 3.63) is 81.2 Å². The van der Waals surface area contributed by atoms with Gasteiger partial charge < -0.3 is 14.8 Å². The second-order valence-corrected chi connectivity index (χ2v) is 9.77. The SMILES string of the molecule is COc1cccc([C@@H]2C(C#N)=C(C)NC3=C2C(=O)CC(C)(C)C3)c1OCc1ccc(Cl)cc1. The maximum Gasteiger partial charge on any atom is 0.165 e. The van der Waals surface area contributed by atoms with Crippen molar-refractivity contribution < 1.29 is 14.3 Å². The van der Waals surface area contributed by atoms with Gasteiger partial charge in [-0.3, -0.25) is 4.79 Å². The minimum atomic E-state index is -0.509. The molecule has 0 radical (unpaired) electrons. The van der Waals surface area contributed by atoms with Gasteiger partial charge in [-0.2, -0.15) is 5.26 Å². The van der Waals surface area contributed by atoms with Gasteiger partial charge in [-0.25, -0.2) is 0 Å². The number of benzene rings is 2. The topological polar surface area (TPSA) is 71.3 Å². The minimum Gasteiger partial charge on any atom is -0.493 e. The average Bonchev–Trinajstić information content (AvgIpc) is 2.76. The van der Waals surface area contributed by atoms with Gasteiger partial charge in [0.1, 0.15) is 6.61 Å². The molecular weight excluding hydrogens is 436 g/mol. The maximum absolute atomic E-state index is 13.4. The van der Waals surface area contributed by atoms with Gasteiger partial charge in [0.2, 0.25) is 0 Å². The van der Waals surface area contributed by atoms with Crippen molar-refractivity contribution in [2.45, 2.75) is 46.1 Å². The molecule has 4 rings (SSSR count). The summed E-state index contributed by atoms with van der Waals surface area (Å²) in [6.07, 6.45) is 1.18. The monoisotopic (exact) mass is 462 g/mol. The zero-order chi connectivity index (χ0) is 23.8. The Balaban J connectivity index is 1.82. The van der Waals surface area contributed by atoms with Gasteiger partial charge in [0, 0.05) is 34.0 Å². The molecular formula is C27H27ClN2O3. The molecule has 0 amide bonds. The molecule has 2 aliphatic rings. The molecule has 2 aromatic carbocycles. The van der Waals surface area contributed by atoms with E-state index in [-0.39, 0.29) is 11.2 Å². The van der Waals surface area contributed by atoms with Gasteiger partial charge in [-0.15, -0.1) is 0 Å². The first-order valence-corrected chi connectivity index (χ1v) is 11.3. The second-order valence-electron chi connectivity index (χ2n) is 9.34. The van der Waals surface area contributed by atoms with Gasteiger partial charge in [0.05, 0.1) is 24.7 Å². The third-order valence-corrected chi connectivity index (χ3v) is 6.45. The summed E-state index contributed by atoms with van der Waals surface area (Å²) in [4.78, 5) is 13.4. The zero-order valence-electron chi connectivity index (χ0n) is 19.3. The minimum absolute atomic E-state index is 0.0606. The summed E-state index contributed by atoms with van der Waals surface area (Å²) in [5.74, 6) is 0.642. The number of para-hydroxylation sites is 1. The number of nitriles is 1. The third kappa shape index (κ3) is 4.49. The number of halogens is 1. The number of carbonyl (C=O) groups excluding carboxylic acids is 1. The lowest BCUT2D eigenvalue weighted by molar-refractivity contribution is -0.118. The summed E-state index contributed by atoms with van der Waals surface area (Å²) < 4.78 is 11.9. The fourth-order valence-corrected chi connectivity index (χ4v) is 4.83. The van der Waals surface area contributed by atoms with Gasteiger partial charge in [-0.1, -0.05) is 49.7 Å². The molecule has 33 heavy (non-hydrogen) atoms. The Morgan fingerprint density at radius 2 is 1.91 bits per heavy atom. The van der Waals surface area contributed by atoms with Crippen molar-refractivity contribution in [2.75, 3.05) is 7.11 Å². The molecule has 1 aliphatic carbocycles. The molecule has 6 heteroatoms. The van der Waals surface area contributed by atoms with Gasteiger partial charge >= 0.3 is 0 Å². The second kappa shape index (κ2) is 8.96. The predicted octanol–water partition coefficient (Wildman–Crippen LogP) is 6.06. The van der Waals surface area contributed by atoms with E-state index in [4.69, 9.17) is 21.1 Å². The van der Waals surface area contributed by atoms with Crippen LogP contribution in [-0.2, 0) is 11.4 Å². The summed E-state index contributed by atoms with van der Waals surface area (Å²) in [5.41, 5.74) is 4.39. The number of Topliss-reactive ketones (excluding diaryl/α,β-unsaturated/α-hetero) is 1. The van der Waals surface area contributed by atoms with Crippen molar-refractivity contribution in [1.82, 2.24) is 5.32 Å². The van der Waals surface area contributed by atoms with Crippen molar-refractivity contribution in [1.29, 1.82) is 5.26 Å². The average molecular weight is 463 g/mol. The highest BCUT2D eigenvalue weighted by Gasteiger charge is 2.42. The largest absolute Gasteiger partial charge is 0.493 e. The van der Waals surface area contributed by atoms with Crippen molar-refractivity contribution in [2.24, 2.45) is 5.41 Å². The molecule has 5 nitrogen and oxygen atoms in total. The van der Waals surface area contributed by atoms with Crippen LogP contribution < -0.4 is 14.8 Å². The number of nitrogens with one attached hydrogen (secondary N) is 1. The molecule has 2 aromatic rings. The van der Waals surface area contributed by atoms with Gasteiger partial charge in [0.15, 0.2) is 17.3 Å². The summed E-state index contributed by atoms with van der Waals surface area (Å²) in [6.45, 7) is 6.37. The molecule has 170 valence electrons. The van der Waals surface area contributed by atoms with Gasteiger partial charge in [-0.05, 0) is 42.5 Å². The number of hydrogen-bond donors (Lipinski definition) is 1. The van der Waals surface area contributed by atoms with Crippen LogP contribution in [0, 0.1) is 16.7 Å². The van der Waals surface area contributed by atoms with Crippen LogP contribution >= 0.6 is 11.6 Å². The molecule has 0 saturated carbocycles. The van der Waals surface area contributed by atoms with E-state index >= 15 is 0 Å². The van der Waals surface area contributed by atoms with Crippen molar-refractivity contribution in [3.8, 4) is 17.6 Å². The van der Waals surface area contributed by atoms with E-state index in [9.17, 15) is 10.1 Å². The van der Waals surface area contributed by atoms with E-state index in [1.807, 2.05) is 49.4 Å². The highest BCUT2D eigenvalue weighted by molar-refractivity contribution is 6.30. The quantitative estimate of drug-likeness (QED) is 0.585. The first-order valence-electron chi connectivity index (χ1n) is 10.9. The van der Waals surface area contributed by atoms with Crippen molar-refractivity contribution in [3.63, 3.8) is 0 Å². The normalized spacial score (nSPS) is 19.5. The molecule has 0 unspecified atom stereocenters. The molecule has 1 heterocycles. The Morgan fingerprint density at radius 1 is 1.18 bits per heavy atom. The lowest BCUT2D eigenvalue weighted by Crippen LogP contribution is -2.37. The Hall–Kier alpha value is -3.23. The van der Waals surface area contributed by atoms with E-state index < -0.39 is 5.92 Å².